The summed E-state index contributed by atoms with van der Waals surface area (Å²) in [5, 5.41) is 27.8. The Morgan fingerprint density at radius 2 is 1.21 bits per heavy atom. The molecule has 0 amide bonds. The minimum atomic E-state index is -1.15. The number of ether oxygens (including phenoxy) is 6. The third-order valence-corrected chi connectivity index (χ3v) is 7.26. The molecule has 2 fully saturated rings. The van der Waals surface area contributed by atoms with Crippen molar-refractivity contribution in [1.82, 2.24) is 0 Å². The van der Waals surface area contributed by atoms with E-state index in [1.165, 1.54) is 7.11 Å². The zero-order chi connectivity index (χ0) is 31.0. The summed E-state index contributed by atoms with van der Waals surface area (Å²) in [6, 6.07) is 19.8. The molecule has 0 saturated carbocycles. The first-order valence-electron chi connectivity index (χ1n) is 14.6. The lowest BCUT2D eigenvalue weighted by molar-refractivity contribution is -0.169. The van der Waals surface area contributed by atoms with Gasteiger partial charge in [0.05, 0.1) is 38.6 Å². The molecule has 0 spiro atoms. The summed E-state index contributed by atoms with van der Waals surface area (Å²) >= 11 is 0. The van der Waals surface area contributed by atoms with Crippen LogP contribution in [-0.2, 0) is 28.4 Å². The number of rotatable bonds is 12. The van der Waals surface area contributed by atoms with E-state index < -0.39 is 30.7 Å². The van der Waals surface area contributed by atoms with Gasteiger partial charge in [-0.2, -0.15) is 10.5 Å². The maximum absolute atomic E-state index is 9.58. The average Bonchev–Trinajstić information content (AvgIpc) is 3.06. The zero-order valence-electron chi connectivity index (χ0n) is 25.6. The second-order valence-corrected chi connectivity index (χ2v) is 9.98. The first-order valence-corrected chi connectivity index (χ1v) is 14.6. The van der Waals surface area contributed by atoms with Crippen molar-refractivity contribution in [2.24, 2.45) is 0 Å². The van der Waals surface area contributed by atoms with Crippen LogP contribution in [0.1, 0.15) is 37.2 Å². The third-order valence-electron chi connectivity index (χ3n) is 7.26. The summed E-state index contributed by atoms with van der Waals surface area (Å²) in [6.07, 6.45) is -3.41. The van der Waals surface area contributed by atoms with Gasteiger partial charge in [-0.1, -0.05) is 24.3 Å². The Labute approximate surface area is 255 Å². The van der Waals surface area contributed by atoms with Gasteiger partial charge in [0.2, 0.25) is 0 Å². The number of anilines is 2. The molecule has 2 aromatic rings. The fourth-order valence-electron chi connectivity index (χ4n) is 4.99. The van der Waals surface area contributed by atoms with Crippen LogP contribution in [0.3, 0.4) is 0 Å². The molecule has 11 nitrogen and oxygen atoms in total. The Kier molecular flexibility index (Phi) is 14.7. The molecule has 1 N–H and O–H groups in total. The van der Waals surface area contributed by atoms with Gasteiger partial charge in [-0.05, 0) is 49.2 Å². The Bertz CT molecular complexity index is 1140. The van der Waals surface area contributed by atoms with Crippen molar-refractivity contribution in [1.29, 1.82) is 10.5 Å². The maximum atomic E-state index is 9.58. The van der Waals surface area contributed by atoms with Crippen LogP contribution in [0.2, 0.25) is 0 Å². The smallest absolute Gasteiger partial charge is 0.177 e. The van der Waals surface area contributed by atoms with Crippen molar-refractivity contribution in [3.05, 3.63) is 59.7 Å². The molecule has 0 aromatic heterocycles. The molecule has 2 aromatic carbocycles. The number of benzene rings is 2. The van der Waals surface area contributed by atoms with E-state index in [4.69, 9.17) is 33.7 Å². The molecular formula is C32H44N4O7. The SMILES string of the molecule is CCOC(C)OC(C#N)C(OC)c1ccc(N2CCOCC2)cc1.COC(c1ccc(N2CCOCC2)cc1)C(O)C#N. The highest BCUT2D eigenvalue weighted by Crippen LogP contribution is 2.27. The van der Waals surface area contributed by atoms with Crippen LogP contribution in [0.4, 0.5) is 11.4 Å². The number of hydrogen-bond donors (Lipinski definition) is 1. The van der Waals surface area contributed by atoms with E-state index in [1.807, 2.05) is 55.5 Å². The Balaban J connectivity index is 0.000000242. The summed E-state index contributed by atoms with van der Waals surface area (Å²) in [5.74, 6) is 0. The summed E-state index contributed by atoms with van der Waals surface area (Å²) in [5.41, 5.74) is 3.97. The zero-order valence-corrected chi connectivity index (χ0v) is 25.6. The van der Waals surface area contributed by atoms with E-state index in [2.05, 4.69) is 15.9 Å². The molecule has 2 heterocycles. The highest BCUT2D eigenvalue weighted by atomic mass is 16.7. The summed E-state index contributed by atoms with van der Waals surface area (Å²) in [6.45, 7) is 10.7. The molecule has 5 atom stereocenters. The van der Waals surface area contributed by atoms with E-state index in [0.29, 0.717) is 6.61 Å². The molecule has 2 aliphatic rings. The van der Waals surface area contributed by atoms with Gasteiger partial charge in [0.1, 0.15) is 12.2 Å². The number of methoxy groups -OCH3 is 2. The van der Waals surface area contributed by atoms with Gasteiger partial charge in [-0.3, -0.25) is 0 Å². The van der Waals surface area contributed by atoms with Crippen LogP contribution in [0, 0.1) is 22.7 Å². The van der Waals surface area contributed by atoms with Crippen molar-refractivity contribution in [2.75, 3.05) is 83.2 Å². The number of nitriles is 2. The number of aliphatic hydroxyl groups excluding tert-OH is 1. The first-order chi connectivity index (χ1) is 20.9. The monoisotopic (exact) mass is 596 g/mol. The minimum absolute atomic E-state index is 0.454. The van der Waals surface area contributed by atoms with Crippen LogP contribution < -0.4 is 9.80 Å². The molecule has 4 rings (SSSR count). The lowest BCUT2D eigenvalue weighted by Gasteiger charge is -2.29. The lowest BCUT2D eigenvalue weighted by atomic mass is 10.0. The van der Waals surface area contributed by atoms with Crippen LogP contribution in [0.25, 0.3) is 0 Å². The molecule has 2 aliphatic heterocycles. The second-order valence-electron chi connectivity index (χ2n) is 9.98. The number of hydrogen-bond acceptors (Lipinski definition) is 11. The van der Waals surface area contributed by atoms with E-state index in [1.54, 1.807) is 20.1 Å². The third kappa shape index (κ3) is 10.2. The normalized spacial score (nSPS) is 18.7. The number of aliphatic hydroxyl groups is 1. The summed E-state index contributed by atoms with van der Waals surface area (Å²) in [7, 11) is 3.07. The van der Waals surface area contributed by atoms with Crippen molar-refractivity contribution in [2.45, 2.75) is 44.6 Å². The quantitative estimate of drug-likeness (QED) is 0.285. The lowest BCUT2D eigenvalue weighted by Crippen LogP contribution is -2.36. The number of nitrogens with zero attached hydrogens (tertiary/aromatic N) is 4. The van der Waals surface area contributed by atoms with E-state index >= 15 is 0 Å². The average molecular weight is 597 g/mol. The molecule has 0 radical (unpaired) electrons. The largest absolute Gasteiger partial charge is 0.378 e. The van der Waals surface area contributed by atoms with Gasteiger partial charge in [0.25, 0.3) is 0 Å². The second kappa shape index (κ2) is 18.4. The molecule has 234 valence electrons. The van der Waals surface area contributed by atoms with E-state index in [0.717, 1.165) is 75.1 Å². The fourth-order valence-corrected chi connectivity index (χ4v) is 4.99. The van der Waals surface area contributed by atoms with Gasteiger partial charge in [-0.25, -0.2) is 0 Å². The molecule has 5 unspecified atom stereocenters. The van der Waals surface area contributed by atoms with Crippen molar-refractivity contribution < 1.29 is 33.5 Å². The summed E-state index contributed by atoms with van der Waals surface area (Å²) in [4.78, 5) is 4.53. The fraction of sp³-hybridized carbons (Fsp3) is 0.562. The van der Waals surface area contributed by atoms with Crippen LogP contribution in [-0.4, -0.2) is 97.0 Å². The first kappa shape index (κ1) is 34.2. The number of morpholine rings is 2. The van der Waals surface area contributed by atoms with Gasteiger partial charge in [-0.15, -0.1) is 0 Å². The predicted molar refractivity (Wildman–Crippen MR) is 162 cm³/mol. The van der Waals surface area contributed by atoms with Gasteiger partial charge < -0.3 is 43.3 Å². The maximum Gasteiger partial charge on any atom is 0.177 e. The predicted octanol–water partition coefficient (Wildman–Crippen LogP) is 3.60. The topological polar surface area (TPSA) is 130 Å². The van der Waals surface area contributed by atoms with Crippen molar-refractivity contribution in [3.8, 4) is 12.1 Å². The highest BCUT2D eigenvalue weighted by Gasteiger charge is 2.26. The minimum Gasteiger partial charge on any atom is -0.378 e. The van der Waals surface area contributed by atoms with Gasteiger partial charge in [0, 0.05) is 58.4 Å². The molecule has 0 bridgehead atoms. The standard InChI is InChI=1S/C18H26N2O4.C14H18N2O3/c1-4-23-14(2)24-17(13-19)18(21-3)15-5-7-16(8-6-15)20-9-11-22-12-10-20;1-18-14(13(17)10-15)11-2-4-12(5-3-11)16-6-8-19-9-7-16/h5-8,14,17-18H,4,9-12H2,1-3H3;2-5,13-14,17H,6-9H2,1H3. The van der Waals surface area contributed by atoms with Crippen LogP contribution >= 0.6 is 0 Å². The van der Waals surface area contributed by atoms with Crippen LogP contribution in [0.5, 0.6) is 0 Å². The molecule has 11 heteroatoms. The summed E-state index contributed by atoms with van der Waals surface area (Å²) < 4.78 is 32.4. The molecule has 0 aliphatic carbocycles. The Morgan fingerprint density at radius 1 is 0.767 bits per heavy atom. The van der Waals surface area contributed by atoms with E-state index in [9.17, 15) is 10.4 Å². The Hall–Kier alpha value is -3.26. The Morgan fingerprint density at radius 3 is 1.58 bits per heavy atom. The molecule has 2 saturated heterocycles. The van der Waals surface area contributed by atoms with Crippen molar-refractivity contribution in [3.63, 3.8) is 0 Å². The van der Waals surface area contributed by atoms with Gasteiger partial charge in [0.15, 0.2) is 18.5 Å². The van der Waals surface area contributed by atoms with Crippen molar-refractivity contribution >= 4 is 11.4 Å². The molecule has 43 heavy (non-hydrogen) atoms. The van der Waals surface area contributed by atoms with Gasteiger partial charge >= 0.3 is 0 Å². The van der Waals surface area contributed by atoms with E-state index in [-0.39, 0.29) is 0 Å². The molecular weight excluding hydrogens is 552 g/mol. The highest BCUT2D eigenvalue weighted by molar-refractivity contribution is 5.49. The van der Waals surface area contributed by atoms with Crippen LogP contribution in [0.15, 0.2) is 48.5 Å².